The van der Waals surface area contributed by atoms with Crippen LogP contribution in [0.15, 0.2) is 48.5 Å². The van der Waals surface area contributed by atoms with E-state index in [-0.39, 0.29) is 0 Å². The lowest BCUT2D eigenvalue weighted by molar-refractivity contribution is 0.140. The second kappa shape index (κ2) is 6.44. The average Bonchev–Trinajstić information content (AvgIpc) is 2.49. The first-order valence-electron chi connectivity index (χ1n) is 8.09. The molecule has 1 atom stereocenters. The molecule has 0 unspecified atom stereocenters. The van der Waals surface area contributed by atoms with Crippen molar-refractivity contribution in [2.45, 2.75) is 45.7 Å². The van der Waals surface area contributed by atoms with E-state index in [1.807, 2.05) is 0 Å². The zero-order chi connectivity index (χ0) is 14.7. The lowest BCUT2D eigenvalue weighted by Gasteiger charge is -2.37. The fourth-order valence-corrected chi connectivity index (χ4v) is 3.55. The summed E-state index contributed by atoms with van der Waals surface area (Å²) in [6.45, 7) is 6.72. The van der Waals surface area contributed by atoms with E-state index in [1.54, 1.807) is 0 Å². The summed E-state index contributed by atoms with van der Waals surface area (Å²) in [5.74, 6) is 0. The molecule has 1 fully saturated rings. The van der Waals surface area contributed by atoms with Crippen LogP contribution in [0.25, 0.3) is 0 Å². The predicted octanol–water partition coefficient (Wildman–Crippen LogP) is 5.03. The summed E-state index contributed by atoms with van der Waals surface area (Å²) in [6.07, 6.45) is 3.97. The first-order valence-corrected chi connectivity index (χ1v) is 8.09. The molecule has 0 bridgehead atoms. The van der Waals surface area contributed by atoms with Crippen LogP contribution in [0.2, 0.25) is 0 Å². The van der Waals surface area contributed by atoms with Crippen molar-refractivity contribution < 1.29 is 0 Å². The summed E-state index contributed by atoms with van der Waals surface area (Å²) < 4.78 is 0. The molecule has 1 heterocycles. The summed E-state index contributed by atoms with van der Waals surface area (Å²) >= 11 is 0. The van der Waals surface area contributed by atoms with Gasteiger partial charge in [0.1, 0.15) is 0 Å². The molecule has 2 aromatic carbocycles. The number of aryl methyl sites for hydroxylation is 2. The fraction of sp³-hybridized carbons (Fsp3) is 0.400. The first kappa shape index (κ1) is 14.3. The van der Waals surface area contributed by atoms with Gasteiger partial charge >= 0.3 is 0 Å². The minimum atomic E-state index is 0.583. The third-order valence-corrected chi connectivity index (χ3v) is 4.63. The molecule has 0 saturated carbocycles. The van der Waals surface area contributed by atoms with Gasteiger partial charge in [0.05, 0.1) is 0 Å². The van der Waals surface area contributed by atoms with Crippen LogP contribution in [-0.4, -0.2) is 11.4 Å². The first-order chi connectivity index (χ1) is 10.2. The molecule has 0 aromatic heterocycles. The monoisotopic (exact) mass is 279 g/mol. The fourth-order valence-electron chi connectivity index (χ4n) is 3.55. The van der Waals surface area contributed by atoms with Gasteiger partial charge in [-0.25, -0.2) is 0 Å². The summed E-state index contributed by atoms with van der Waals surface area (Å²) in [6, 6.07) is 18.4. The minimum absolute atomic E-state index is 0.583. The van der Waals surface area contributed by atoms with Crippen LogP contribution >= 0.6 is 0 Å². The van der Waals surface area contributed by atoms with Crippen molar-refractivity contribution in [1.82, 2.24) is 4.90 Å². The van der Waals surface area contributed by atoms with Gasteiger partial charge in [-0.3, -0.25) is 4.90 Å². The van der Waals surface area contributed by atoms with Crippen molar-refractivity contribution in [2.75, 3.05) is 6.54 Å². The van der Waals surface area contributed by atoms with Crippen LogP contribution in [0.1, 0.15) is 47.6 Å². The Bertz CT molecular complexity index is 588. The van der Waals surface area contributed by atoms with Gasteiger partial charge in [0, 0.05) is 12.6 Å². The second-order valence-corrected chi connectivity index (χ2v) is 6.33. The molecule has 0 spiro atoms. The van der Waals surface area contributed by atoms with Crippen molar-refractivity contribution in [3.05, 3.63) is 70.8 Å². The van der Waals surface area contributed by atoms with Gasteiger partial charge in [-0.1, -0.05) is 60.5 Å². The van der Waals surface area contributed by atoms with Gasteiger partial charge in [-0.2, -0.15) is 0 Å². The molecule has 110 valence electrons. The van der Waals surface area contributed by atoms with Gasteiger partial charge in [0.2, 0.25) is 0 Å². The van der Waals surface area contributed by atoms with E-state index in [1.165, 1.54) is 48.1 Å². The quantitative estimate of drug-likeness (QED) is 0.761. The summed E-state index contributed by atoms with van der Waals surface area (Å²) in [7, 11) is 0. The van der Waals surface area contributed by atoms with Gasteiger partial charge in [-0.05, 0) is 49.9 Å². The van der Waals surface area contributed by atoms with Gasteiger partial charge < -0.3 is 0 Å². The number of piperidine rings is 1. The van der Waals surface area contributed by atoms with Crippen molar-refractivity contribution in [3.8, 4) is 0 Å². The third kappa shape index (κ3) is 3.36. The zero-order valence-corrected chi connectivity index (χ0v) is 13.2. The topological polar surface area (TPSA) is 3.24 Å². The Labute approximate surface area is 128 Å². The van der Waals surface area contributed by atoms with Crippen molar-refractivity contribution in [1.29, 1.82) is 0 Å². The Morgan fingerprint density at radius 1 is 1.00 bits per heavy atom. The van der Waals surface area contributed by atoms with Gasteiger partial charge in [-0.15, -0.1) is 0 Å². The highest BCUT2D eigenvalue weighted by Gasteiger charge is 2.24. The van der Waals surface area contributed by atoms with Gasteiger partial charge in [0.25, 0.3) is 0 Å². The van der Waals surface area contributed by atoms with E-state index in [2.05, 4.69) is 67.3 Å². The molecule has 1 aliphatic rings. The molecule has 3 rings (SSSR count). The molecule has 1 aliphatic heterocycles. The van der Waals surface area contributed by atoms with Crippen LogP contribution in [-0.2, 0) is 6.54 Å². The number of benzene rings is 2. The molecule has 0 radical (unpaired) electrons. The maximum absolute atomic E-state index is 2.66. The maximum Gasteiger partial charge on any atom is 0.0354 e. The Kier molecular flexibility index (Phi) is 4.40. The standard InChI is InChI=1S/C20H25N/c1-16-11-12-19(17(2)14-16)20-10-6-7-13-21(20)15-18-8-4-3-5-9-18/h3-5,8-9,11-12,14,20H,6-7,10,13,15H2,1-2H3/t20-/m1/s1. The number of rotatable bonds is 3. The Balaban J connectivity index is 1.84. The number of hydrogen-bond acceptors (Lipinski definition) is 1. The highest BCUT2D eigenvalue weighted by molar-refractivity contribution is 5.33. The minimum Gasteiger partial charge on any atom is -0.292 e. The van der Waals surface area contributed by atoms with Crippen LogP contribution in [0, 0.1) is 13.8 Å². The maximum atomic E-state index is 2.66. The Morgan fingerprint density at radius 2 is 1.81 bits per heavy atom. The summed E-state index contributed by atoms with van der Waals surface area (Å²) in [5, 5.41) is 0. The summed E-state index contributed by atoms with van der Waals surface area (Å²) in [5.41, 5.74) is 5.76. The largest absolute Gasteiger partial charge is 0.292 e. The molecular weight excluding hydrogens is 254 g/mol. The highest BCUT2D eigenvalue weighted by atomic mass is 15.2. The van der Waals surface area contributed by atoms with Gasteiger partial charge in [0.15, 0.2) is 0 Å². The smallest absolute Gasteiger partial charge is 0.0354 e. The van der Waals surface area contributed by atoms with Crippen LogP contribution < -0.4 is 0 Å². The molecule has 1 heteroatoms. The molecule has 1 nitrogen and oxygen atoms in total. The molecule has 0 N–H and O–H groups in total. The molecule has 2 aromatic rings. The number of hydrogen-bond donors (Lipinski definition) is 0. The molecule has 0 amide bonds. The van der Waals surface area contributed by atoms with E-state index >= 15 is 0 Å². The van der Waals surface area contributed by atoms with E-state index in [9.17, 15) is 0 Å². The second-order valence-electron chi connectivity index (χ2n) is 6.33. The molecule has 0 aliphatic carbocycles. The normalized spacial score (nSPS) is 19.6. The third-order valence-electron chi connectivity index (χ3n) is 4.63. The van der Waals surface area contributed by atoms with Crippen molar-refractivity contribution in [3.63, 3.8) is 0 Å². The van der Waals surface area contributed by atoms with Crippen LogP contribution in [0.4, 0.5) is 0 Å². The Morgan fingerprint density at radius 3 is 2.57 bits per heavy atom. The summed E-state index contributed by atoms with van der Waals surface area (Å²) in [4.78, 5) is 2.66. The van der Waals surface area contributed by atoms with E-state index < -0.39 is 0 Å². The lowest BCUT2D eigenvalue weighted by atomic mass is 9.91. The van der Waals surface area contributed by atoms with E-state index in [4.69, 9.17) is 0 Å². The predicted molar refractivity (Wildman–Crippen MR) is 89.4 cm³/mol. The Hall–Kier alpha value is -1.60. The molecule has 21 heavy (non-hydrogen) atoms. The SMILES string of the molecule is Cc1ccc([C@H]2CCCCN2Cc2ccccc2)c(C)c1. The number of nitrogens with zero attached hydrogens (tertiary/aromatic N) is 1. The van der Waals surface area contributed by atoms with Crippen molar-refractivity contribution in [2.24, 2.45) is 0 Å². The zero-order valence-electron chi connectivity index (χ0n) is 13.2. The van der Waals surface area contributed by atoms with Crippen LogP contribution in [0.5, 0.6) is 0 Å². The highest BCUT2D eigenvalue weighted by Crippen LogP contribution is 2.34. The lowest BCUT2D eigenvalue weighted by Crippen LogP contribution is -2.33. The number of likely N-dealkylation sites (tertiary alicyclic amines) is 1. The average molecular weight is 279 g/mol. The van der Waals surface area contributed by atoms with Crippen molar-refractivity contribution >= 4 is 0 Å². The van der Waals surface area contributed by atoms with Crippen LogP contribution in [0.3, 0.4) is 0 Å². The van der Waals surface area contributed by atoms with E-state index in [0.717, 1.165) is 6.54 Å². The molecule has 1 saturated heterocycles. The van der Waals surface area contributed by atoms with E-state index in [0.29, 0.717) is 6.04 Å². The molecular formula is C20H25N.